The van der Waals surface area contributed by atoms with E-state index in [-0.39, 0.29) is 13.2 Å². The second-order valence-electron chi connectivity index (χ2n) is 3.28. The first-order valence-electron chi connectivity index (χ1n) is 6.84. The summed E-state index contributed by atoms with van der Waals surface area (Å²) in [5.41, 5.74) is 0. The molecule has 0 aliphatic rings. The van der Waals surface area contributed by atoms with Gasteiger partial charge in [-0.05, 0) is 12.8 Å². The molecule has 0 heterocycles. The molecule has 0 aromatic heterocycles. The molecule has 0 amide bonds. The quantitative estimate of drug-likeness (QED) is 0.442. The zero-order valence-electron chi connectivity index (χ0n) is 13.1. The van der Waals surface area contributed by atoms with Gasteiger partial charge in [-0.1, -0.05) is 0 Å². The number of aliphatic hydroxyl groups is 2. The van der Waals surface area contributed by atoms with Crippen molar-refractivity contribution in [3.63, 3.8) is 0 Å². The number of rotatable bonds is 6. The van der Waals surface area contributed by atoms with E-state index in [4.69, 9.17) is 13.5 Å². The third-order valence-electron chi connectivity index (χ3n) is 1.32. The summed E-state index contributed by atoms with van der Waals surface area (Å²) in [6.45, 7) is 21.6. The Morgan fingerprint density at radius 3 is 0.750 bits per heavy atom. The molecule has 0 aliphatic carbocycles. The van der Waals surface area contributed by atoms with Crippen molar-refractivity contribution in [3.05, 3.63) is 41.5 Å². The van der Waals surface area contributed by atoms with Crippen LogP contribution >= 0.6 is 0 Å². The van der Waals surface area contributed by atoms with Gasteiger partial charge >= 0.3 is 23.7 Å². The van der Waals surface area contributed by atoms with Crippen LogP contribution in [0.2, 0.25) is 0 Å². The first-order valence-corrected chi connectivity index (χ1v) is 7.47. The Morgan fingerprint density at radius 2 is 0.700 bits per heavy atom. The first kappa shape index (κ1) is 32.4. The molecule has 0 spiro atoms. The molecule has 0 saturated carbocycles. The molecule has 0 rings (SSSR count). The molecule has 0 bridgehead atoms. The summed E-state index contributed by atoms with van der Waals surface area (Å²) >= 11 is 0.750. The summed E-state index contributed by atoms with van der Waals surface area (Å²) in [5, 5.41) is 16.2. The summed E-state index contributed by atoms with van der Waals surface area (Å²) < 4.78 is 8.25. The molecule has 0 saturated heterocycles. The molecule has 20 heavy (non-hydrogen) atoms. The predicted octanol–water partition coefficient (Wildman–Crippen LogP) is 3.93. The molecule has 2 N–H and O–H groups in total. The van der Waals surface area contributed by atoms with E-state index in [0.717, 1.165) is 71.8 Å². The Morgan fingerprint density at radius 1 is 0.550 bits per heavy atom. The molecule has 0 radical (unpaired) electrons. The van der Waals surface area contributed by atoms with Gasteiger partial charge in [-0.2, -0.15) is 0 Å². The molecule has 0 fully saturated rings. The van der Waals surface area contributed by atoms with Crippen molar-refractivity contribution in [2.24, 2.45) is 0 Å². The Balaban J connectivity index is -0.0000000488. The van der Waals surface area contributed by atoms with E-state index in [9.17, 15) is 0 Å². The number of hydrogen-bond donors (Lipinski definition) is 2. The predicted molar refractivity (Wildman–Crippen MR) is 83.9 cm³/mol. The molecule has 4 heteroatoms. The van der Waals surface area contributed by atoms with Crippen molar-refractivity contribution < 1.29 is 33.9 Å². The van der Waals surface area contributed by atoms with E-state index in [2.05, 4.69) is 41.5 Å². The first-order chi connectivity index (χ1) is 9.66. The monoisotopic (exact) mass is 322 g/mol. The standard InChI is InChI=1S/C4H10O2.3C4H8.O.Ti/c5-3-1-2-4-6;3*1-3-4-2;;/h5-6H,1-4H2;3*1-4H2;;/q;3*-2;;. The Labute approximate surface area is 140 Å². The molecule has 0 aliphatic heterocycles. The van der Waals surface area contributed by atoms with Gasteiger partial charge in [-0.15, -0.1) is 0 Å². The number of unbranched alkanes of at least 4 members (excludes halogenated alkanes) is 4. The summed E-state index contributed by atoms with van der Waals surface area (Å²) in [5.74, 6) is 0. The van der Waals surface area contributed by atoms with Crippen LogP contribution in [0.25, 0.3) is 0 Å². The van der Waals surface area contributed by atoms with Gasteiger partial charge in [0.05, 0.1) is 0 Å². The summed E-state index contributed by atoms with van der Waals surface area (Å²) in [6, 6.07) is 0. The van der Waals surface area contributed by atoms with Gasteiger partial charge in [0.25, 0.3) is 0 Å². The normalized spacial score (nSPS) is 7.35. The molecular weight excluding hydrogens is 288 g/mol. The summed E-state index contributed by atoms with van der Waals surface area (Å²) in [7, 11) is 0. The fourth-order valence-corrected chi connectivity index (χ4v) is 0.224. The van der Waals surface area contributed by atoms with Gasteiger partial charge in [0.1, 0.15) is 0 Å². The van der Waals surface area contributed by atoms with Crippen molar-refractivity contribution in [1.29, 1.82) is 0 Å². The van der Waals surface area contributed by atoms with E-state index in [0.29, 0.717) is 0 Å². The SMILES string of the molecule is OCCCCO.[CH2-]CC[CH2-].[CH2-]CC[CH2-].[CH2-]CC[CH2-].[O]=[Ti]. The third kappa shape index (κ3) is 135. The van der Waals surface area contributed by atoms with Crippen LogP contribution in [0.15, 0.2) is 0 Å². The van der Waals surface area contributed by atoms with Crippen molar-refractivity contribution in [1.82, 2.24) is 0 Å². The zero-order valence-corrected chi connectivity index (χ0v) is 14.7. The maximum absolute atomic E-state index is 8.25. The van der Waals surface area contributed by atoms with E-state index in [1.807, 2.05) is 0 Å². The Bertz CT molecular complexity index is 74.3. The maximum atomic E-state index is 8.25. The van der Waals surface area contributed by atoms with Crippen LogP contribution in [0.3, 0.4) is 0 Å². The van der Waals surface area contributed by atoms with E-state index in [1.165, 1.54) is 0 Å². The minimum absolute atomic E-state index is 0.195. The molecule has 0 aromatic carbocycles. The Kier molecular flexibility index (Phi) is 98.3. The van der Waals surface area contributed by atoms with Crippen LogP contribution in [0, 0.1) is 41.5 Å². The Hall–Kier alpha value is 0.434. The van der Waals surface area contributed by atoms with Gasteiger partial charge in [0, 0.05) is 13.2 Å². The summed E-state index contributed by atoms with van der Waals surface area (Å²) in [6.07, 6.45) is 7.19. The average Bonchev–Trinajstić information content (AvgIpc) is 2.55. The fourth-order valence-electron chi connectivity index (χ4n) is 0.224. The second kappa shape index (κ2) is 60.7. The third-order valence-corrected chi connectivity index (χ3v) is 1.32. The van der Waals surface area contributed by atoms with Gasteiger partial charge in [-0.25, -0.2) is 38.5 Å². The molecular formula is C16H34O3Ti-6. The number of aliphatic hydroxyl groups excluding tert-OH is 2. The van der Waals surface area contributed by atoms with Crippen LogP contribution in [-0.2, 0) is 23.7 Å². The van der Waals surface area contributed by atoms with Crippen molar-refractivity contribution >= 4 is 0 Å². The van der Waals surface area contributed by atoms with Crippen LogP contribution in [-0.4, -0.2) is 23.4 Å². The van der Waals surface area contributed by atoms with Gasteiger partial charge in [0.15, 0.2) is 0 Å². The van der Waals surface area contributed by atoms with Gasteiger partial charge in [0.2, 0.25) is 0 Å². The van der Waals surface area contributed by atoms with Crippen molar-refractivity contribution in [3.8, 4) is 0 Å². The van der Waals surface area contributed by atoms with Gasteiger partial charge < -0.3 is 51.8 Å². The molecule has 126 valence electrons. The van der Waals surface area contributed by atoms with Crippen molar-refractivity contribution in [2.75, 3.05) is 13.2 Å². The average molecular weight is 322 g/mol. The molecule has 0 unspecified atom stereocenters. The van der Waals surface area contributed by atoms with Crippen LogP contribution in [0.1, 0.15) is 51.4 Å². The van der Waals surface area contributed by atoms with E-state index < -0.39 is 0 Å². The van der Waals surface area contributed by atoms with Gasteiger partial charge in [-0.3, -0.25) is 0 Å². The molecule has 3 nitrogen and oxygen atoms in total. The second-order valence-corrected chi connectivity index (χ2v) is 3.28. The fraction of sp³-hybridized carbons (Fsp3) is 0.625. The minimum atomic E-state index is 0.195. The topological polar surface area (TPSA) is 57.5 Å². The van der Waals surface area contributed by atoms with Crippen LogP contribution < -0.4 is 0 Å². The van der Waals surface area contributed by atoms with Crippen LogP contribution in [0.5, 0.6) is 0 Å². The zero-order chi connectivity index (χ0) is 17.1. The molecule has 0 aromatic rings. The molecule has 0 atom stereocenters. The van der Waals surface area contributed by atoms with E-state index in [1.54, 1.807) is 0 Å². The van der Waals surface area contributed by atoms with E-state index >= 15 is 0 Å². The van der Waals surface area contributed by atoms with Crippen molar-refractivity contribution in [2.45, 2.75) is 51.4 Å². The van der Waals surface area contributed by atoms with Crippen LogP contribution in [0.4, 0.5) is 0 Å². The summed E-state index contributed by atoms with van der Waals surface area (Å²) in [4.78, 5) is 0. The number of hydrogen-bond acceptors (Lipinski definition) is 3.